The molecule has 0 aliphatic rings. The maximum absolute atomic E-state index is 12.7. The average Bonchev–Trinajstić information content (AvgIpc) is 3.48. The number of fused-ring (bicyclic) bond motifs is 1. The summed E-state index contributed by atoms with van der Waals surface area (Å²) in [5, 5.41) is 6.10. The maximum Gasteiger partial charge on any atom is 0.244 e. The molecule has 0 unspecified atom stereocenters. The number of aryl methyl sites for hydroxylation is 2. The van der Waals surface area contributed by atoms with E-state index in [0.717, 1.165) is 50.2 Å². The van der Waals surface area contributed by atoms with Gasteiger partial charge in [-0.3, -0.25) is 4.79 Å². The number of rotatable bonds is 5. The SMILES string of the molecule is Cc1nc(-c2cc(C)n(CC(=O)Nc3ccc(-c4cn5ccccc5n4)cc3)c2C)cs1. The van der Waals surface area contributed by atoms with Gasteiger partial charge in [0.05, 0.1) is 16.4 Å². The van der Waals surface area contributed by atoms with Crippen LogP contribution in [-0.4, -0.2) is 24.8 Å². The van der Waals surface area contributed by atoms with Gasteiger partial charge in [-0.1, -0.05) is 18.2 Å². The van der Waals surface area contributed by atoms with Crippen molar-refractivity contribution in [3.8, 4) is 22.5 Å². The van der Waals surface area contributed by atoms with Crippen LogP contribution in [0.1, 0.15) is 16.4 Å². The molecule has 0 aliphatic carbocycles. The zero-order valence-electron chi connectivity index (χ0n) is 18.2. The normalized spacial score (nSPS) is 11.2. The van der Waals surface area contributed by atoms with Gasteiger partial charge in [0.25, 0.3) is 0 Å². The first kappa shape index (κ1) is 20.2. The van der Waals surface area contributed by atoms with Crippen LogP contribution in [0.5, 0.6) is 0 Å². The molecule has 0 saturated heterocycles. The van der Waals surface area contributed by atoms with E-state index < -0.39 is 0 Å². The number of aromatic nitrogens is 4. The molecule has 5 rings (SSSR count). The van der Waals surface area contributed by atoms with E-state index in [1.54, 1.807) is 11.3 Å². The highest BCUT2D eigenvalue weighted by atomic mass is 32.1. The number of thiazole rings is 1. The van der Waals surface area contributed by atoms with Crippen molar-refractivity contribution in [1.82, 2.24) is 18.9 Å². The van der Waals surface area contributed by atoms with Crippen molar-refractivity contribution in [3.05, 3.63) is 82.7 Å². The van der Waals surface area contributed by atoms with Crippen LogP contribution >= 0.6 is 11.3 Å². The molecular weight excluding hydrogens is 418 g/mol. The predicted octanol–water partition coefficient (Wildman–Crippen LogP) is 5.49. The van der Waals surface area contributed by atoms with E-state index in [4.69, 9.17) is 0 Å². The summed E-state index contributed by atoms with van der Waals surface area (Å²) in [6, 6.07) is 15.8. The van der Waals surface area contributed by atoms with E-state index in [2.05, 4.69) is 26.7 Å². The fraction of sp³-hybridized carbons (Fsp3) is 0.160. The Labute approximate surface area is 190 Å². The topological polar surface area (TPSA) is 64.2 Å². The van der Waals surface area contributed by atoms with Crippen LogP contribution in [0.25, 0.3) is 28.2 Å². The first-order valence-corrected chi connectivity index (χ1v) is 11.3. The van der Waals surface area contributed by atoms with Crippen molar-refractivity contribution in [1.29, 1.82) is 0 Å². The number of hydrogen-bond donors (Lipinski definition) is 1. The zero-order chi connectivity index (χ0) is 22.2. The highest BCUT2D eigenvalue weighted by molar-refractivity contribution is 7.09. The summed E-state index contributed by atoms with van der Waals surface area (Å²) in [5.74, 6) is -0.0618. The molecule has 6 nitrogen and oxygen atoms in total. The van der Waals surface area contributed by atoms with Crippen molar-refractivity contribution in [3.63, 3.8) is 0 Å². The second-order valence-corrected chi connectivity index (χ2v) is 8.90. The molecule has 0 fully saturated rings. The van der Waals surface area contributed by atoms with Crippen LogP contribution in [-0.2, 0) is 11.3 Å². The highest BCUT2D eigenvalue weighted by Crippen LogP contribution is 2.28. The zero-order valence-corrected chi connectivity index (χ0v) is 19.0. The number of anilines is 1. The average molecular weight is 442 g/mol. The van der Waals surface area contributed by atoms with Crippen molar-refractivity contribution in [2.24, 2.45) is 0 Å². The van der Waals surface area contributed by atoms with E-state index in [-0.39, 0.29) is 12.5 Å². The summed E-state index contributed by atoms with van der Waals surface area (Å²) in [6.45, 7) is 6.32. The molecule has 1 N–H and O–H groups in total. The molecule has 1 aromatic carbocycles. The van der Waals surface area contributed by atoms with E-state index in [9.17, 15) is 4.79 Å². The van der Waals surface area contributed by atoms with Crippen LogP contribution in [0.4, 0.5) is 5.69 Å². The lowest BCUT2D eigenvalue weighted by Crippen LogP contribution is -2.20. The second-order valence-electron chi connectivity index (χ2n) is 7.84. The molecule has 7 heteroatoms. The van der Waals surface area contributed by atoms with Crippen LogP contribution < -0.4 is 5.32 Å². The summed E-state index contributed by atoms with van der Waals surface area (Å²) in [6.07, 6.45) is 3.98. The lowest BCUT2D eigenvalue weighted by molar-refractivity contribution is -0.116. The first-order valence-electron chi connectivity index (χ1n) is 10.4. The van der Waals surface area contributed by atoms with Crippen molar-refractivity contribution >= 4 is 28.6 Å². The number of carbonyl (C=O) groups excluding carboxylic acids is 1. The van der Waals surface area contributed by atoms with Crippen molar-refractivity contribution < 1.29 is 4.79 Å². The minimum atomic E-state index is -0.0618. The smallest absolute Gasteiger partial charge is 0.244 e. The number of nitrogens with zero attached hydrogens (tertiary/aromatic N) is 4. The Morgan fingerprint density at radius 2 is 1.84 bits per heavy atom. The molecule has 4 heterocycles. The van der Waals surface area contributed by atoms with Crippen LogP contribution in [0.2, 0.25) is 0 Å². The molecular formula is C25H23N5OS. The summed E-state index contributed by atoms with van der Waals surface area (Å²) in [4.78, 5) is 22.0. The number of amides is 1. The van der Waals surface area contributed by atoms with Gasteiger partial charge in [-0.25, -0.2) is 9.97 Å². The maximum atomic E-state index is 12.7. The highest BCUT2D eigenvalue weighted by Gasteiger charge is 2.15. The Bertz CT molecular complexity index is 1390. The summed E-state index contributed by atoms with van der Waals surface area (Å²) >= 11 is 1.63. The van der Waals surface area contributed by atoms with Gasteiger partial charge >= 0.3 is 0 Å². The number of benzene rings is 1. The number of hydrogen-bond acceptors (Lipinski definition) is 4. The number of carbonyl (C=O) groups is 1. The number of imidazole rings is 1. The third-order valence-electron chi connectivity index (χ3n) is 5.60. The molecule has 1 amide bonds. The van der Waals surface area contributed by atoms with Gasteiger partial charge in [-0.15, -0.1) is 11.3 Å². The molecule has 0 saturated carbocycles. The summed E-state index contributed by atoms with van der Waals surface area (Å²) < 4.78 is 4.03. The lowest BCUT2D eigenvalue weighted by Gasteiger charge is -2.11. The molecule has 0 spiro atoms. The van der Waals surface area contributed by atoms with E-state index in [1.165, 1.54) is 0 Å². The Balaban J connectivity index is 1.30. The first-order chi connectivity index (χ1) is 15.5. The monoisotopic (exact) mass is 441 g/mol. The third-order valence-corrected chi connectivity index (χ3v) is 6.37. The summed E-state index contributed by atoms with van der Waals surface area (Å²) in [7, 11) is 0. The van der Waals surface area contributed by atoms with Gasteiger partial charge in [0, 0.05) is 46.0 Å². The molecule has 5 aromatic rings. The Morgan fingerprint density at radius 1 is 1.03 bits per heavy atom. The van der Waals surface area contributed by atoms with E-state index in [0.29, 0.717) is 0 Å². The van der Waals surface area contributed by atoms with Gasteiger partial charge in [0.1, 0.15) is 12.2 Å². The fourth-order valence-corrected chi connectivity index (χ4v) is 4.55. The second kappa shape index (κ2) is 8.09. The van der Waals surface area contributed by atoms with Crippen LogP contribution in [0, 0.1) is 20.8 Å². The lowest BCUT2D eigenvalue weighted by atomic mass is 10.1. The number of pyridine rings is 1. The van der Waals surface area contributed by atoms with E-state index >= 15 is 0 Å². The Hall–Kier alpha value is -3.71. The van der Waals surface area contributed by atoms with Gasteiger partial charge in [0.15, 0.2) is 0 Å². The molecule has 0 atom stereocenters. The molecule has 4 aromatic heterocycles. The van der Waals surface area contributed by atoms with Crippen molar-refractivity contribution in [2.45, 2.75) is 27.3 Å². The predicted molar refractivity (Wildman–Crippen MR) is 129 cm³/mol. The van der Waals surface area contributed by atoms with Gasteiger partial charge in [-0.05, 0) is 51.1 Å². The molecule has 0 bridgehead atoms. The van der Waals surface area contributed by atoms with Gasteiger partial charge in [-0.2, -0.15) is 0 Å². The Kier molecular flexibility index (Phi) is 5.11. The quantitative estimate of drug-likeness (QED) is 0.392. The summed E-state index contributed by atoms with van der Waals surface area (Å²) in [5.41, 5.74) is 7.71. The van der Waals surface area contributed by atoms with Gasteiger partial charge in [0.2, 0.25) is 5.91 Å². The molecule has 160 valence electrons. The molecule has 0 radical (unpaired) electrons. The van der Waals surface area contributed by atoms with Crippen LogP contribution in [0.3, 0.4) is 0 Å². The minimum absolute atomic E-state index is 0.0618. The van der Waals surface area contributed by atoms with Crippen LogP contribution in [0.15, 0.2) is 66.3 Å². The molecule has 32 heavy (non-hydrogen) atoms. The Morgan fingerprint density at radius 3 is 2.56 bits per heavy atom. The fourth-order valence-electron chi connectivity index (χ4n) is 3.93. The standard InChI is InChI=1S/C25H23N5OS/c1-16-12-21(23-15-32-18(3)26-23)17(2)30(16)14-25(31)27-20-9-7-19(8-10-20)22-13-29-11-5-4-6-24(29)28-22/h4-13,15H,14H2,1-3H3,(H,27,31). The van der Waals surface area contributed by atoms with Gasteiger partial charge < -0.3 is 14.3 Å². The van der Waals surface area contributed by atoms with E-state index in [1.807, 2.05) is 84.6 Å². The van der Waals surface area contributed by atoms with Crippen molar-refractivity contribution in [2.75, 3.05) is 5.32 Å². The third kappa shape index (κ3) is 3.83. The molecule has 0 aliphatic heterocycles. The largest absolute Gasteiger partial charge is 0.339 e. The minimum Gasteiger partial charge on any atom is -0.339 e. The number of nitrogens with one attached hydrogen (secondary N) is 1.